The molecule has 1 N–H and O–H groups in total. The number of amides is 1. The molecule has 1 fully saturated rings. The number of aryl methyl sites for hydroxylation is 2. The molecule has 1 aromatic carbocycles. The van der Waals surface area contributed by atoms with E-state index >= 15 is 0 Å². The number of aliphatic hydroxyl groups is 1. The molecule has 7 heteroatoms. The summed E-state index contributed by atoms with van der Waals surface area (Å²) in [6.45, 7) is 5.03. The lowest BCUT2D eigenvalue weighted by molar-refractivity contribution is -0.134. The molecule has 0 saturated carbocycles. The molecule has 30 heavy (non-hydrogen) atoms. The Bertz CT molecular complexity index is 1020. The van der Waals surface area contributed by atoms with E-state index in [9.17, 15) is 9.90 Å². The van der Waals surface area contributed by atoms with E-state index in [1.54, 1.807) is 4.68 Å². The molecular weight excluding hydrogens is 380 g/mol. The second-order valence-corrected chi connectivity index (χ2v) is 8.01. The number of benzene rings is 1. The summed E-state index contributed by atoms with van der Waals surface area (Å²) in [6, 6.07) is 9.87. The Labute approximate surface area is 176 Å². The molecule has 0 radical (unpaired) electrons. The highest BCUT2D eigenvalue weighted by Gasteiger charge is 2.32. The molecule has 7 nitrogen and oxygen atoms in total. The van der Waals surface area contributed by atoms with Crippen molar-refractivity contribution >= 4 is 5.91 Å². The van der Waals surface area contributed by atoms with Gasteiger partial charge in [-0.05, 0) is 38.7 Å². The molecule has 158 valence electrons. The Morgan fingerprint density at radius 3 is 2.87 bits per heavy atom. The van der Waals surface area contributed by atoms with Gasteiger partial charge in [0.15, 0.2) is 5.76 Å². The van der Waals surface area contributed by atoms with Crippen molar-refractivity contribution in [1.82, 2.24) is 19.8 Å². The third-order valence-electron chi connectivity index (χ3n) is 5.59. The molecule has 4 rings (SSSR count). The van der Waals surface area contributed by atoms with Crippen LogP contribution in [-0.2, 0) is 17.8 Å². The van der Waals surface area contributed by atoms with Crippen LogP contribution in [0.4, 0.5) is 0 Å². The summed E-state index contributed by atoms with van der Waals surface area (Å²) in [6.07, 6.45) is 5.15. The number of aromatic nitrogens is 3. The molecule has 1 saturated heterocycles. The fraction of sp³-hybridized carbons (Fsp3) is 0.435. The minimum Gasteiger partial charge on any atom is -0.394 e. The number of nitrogens with zero attached hydrogens (tertiary/aromatic N) is 4. The van der Waals surface area contributed by atoms with Gasteiger partial charge < -0.3 is 14.5 Å². The number of hydrogen-bond acceptors (Lipinski definition) is 5. The Kier molecular flexibility index (Phi) is 5.99. The fourth-order valence-corrected chi connectivity index (χ4v) is 4.19. The van der Waals surface area contributed by atoms with Gasteiger partial charge in [0, 0.05) is 18.8 Å². The van der Waals surface area contributed by atoms with E-state index in [1.807, 2.05) is 49.2 Å². The maximum atomic E-state index is 13.3. The highest BCUT2D eigenvalue weighted by atomic mass is 16.5. The minimum absolute atomic E-state index is 0.00331. The number of carbonyl (C=O) groups is 1. The summed E-state index contributed by atoms with van der Waals surface area (Å²) >= 11 is 0. The first-order valence-corrected chi connectivity index (χ1v) is 10.5. The van der Waals surface area contributed by atoms with Gasteiger partial charge in [0.25, 0.3) is 0 Å². The van der Waals surface area contributed by atoms with Gasteiger partial charge in [-0.2, -0.15) is 5.10 Å². The average Bonchev–Trinajstić information content (AvgIpc) is 3.34. The Balaban J connectivity index is 1.66. The van der Waals surface area contributed by atoms with Crippen molar-refractivity contribution in [2.45, 2.75) is 52.1 Å². The summed E-state index contributed by atoms with van der Waals surface area (Å²) in [5.74, 6) is 0.755. The largest absolute Gasteiger partial charge is 0.394 e. The predicted octanol–water partition coefficient (Wildman–Crippen LogP) is 3.44. The van der Waals surface area contributed by atoms with Gasteiger partial charge in [-0.1, -0.05) is 35.0 Å². The quantitative estimate of drug-likeness (QED) is 0.675. The summed E-state index contributed by atoms with van der Waals surface area (Å²) in [5.41, 5.74) is 4.63. The molecule has 0 aliphatic carbocycles. The second-order valence-electron chi connectivity index (χ2n) is 8.01. The van der Waals surface area contributed by atoms with Gasteiger partial charge in [0.2, 0.25) is 5.91 Å². The second kappa shape index (κ2) is 8.83. The SMILES string of the molecule is Cc1cccc(CC(=O)N2CCCC[C@H]2c2nn(CCO)cc2-c2cc(C)no2)c1. The lowest BCUT2D eigenvalue weighted by atomic mass is 9.95. The van der Waals surface area contributed by atoms with Crippen LogP contribution >= 0.6 is 0 Å². The van der Waals surface area contributed by atoms with Gasteiger partial charge >= 0.3 is 0 Å². The van der Waals surface area contributed by atoms with Crippen LogP contribution < -0.4 is 0 Å². The molecular formula is C23H28N4O3. The van der Waals surface area contributed by atoms with Crippen molar-refractivity contribution in [2.75, 3.05) is 13.2 Å². The predicted molar refractivity (Wildman–Crippen MR) is 113 cm³/mol. The smallest absolute Gasteiger partial charge is 0.227 e. The lowest BCUT2D eigenvalue weighted by Crippen LogP contribution is -2.39. The normalized spacial score (nSPS) is 16.8. The molecule has 2 aromatic heterocycles. The number of aliphatic hydroxyl groups excluding tert-OH is 1. The molecule has 1 aliphatic heterocycles. The van der Waals surface area contributed by atoms with Crippen LogP contribution in [0.15, 0.2) is 41.1 Å². The highest BCUT2D eigenvalue weighted by molar-refractivity contribution is 5.79. The number of hydrogen-bond donors (Lipinski definition) is 1. The minimum atomic E-state index is -0.114. The van der Waals surface area contributed by atoms with E-state index in [4.69, 9.17) is 9.62 Å². The maximum Gasteiger partial charge on any atom is 0.227 e. The third-order valence-corrected chi connectivity index (χ3v) is 5.59. The van der Waals surface area contributed by atoms with Crippen LogP contribution in [0.3, 0.4) is 0 Å². The van der Waals surface area contributed by atoms with Crippen LogP contribution in [0.2, 0.25) is 0 Å². The number of rotatable bonds is 6. The van der Waals surface area contributed by atoms with Crippen LogP contribution in [0.25, 0.3) is 11.3 Å². The van der Waals surface area contributed by atoms with Gasteiger partial charge in [-0.25, -0.2) is 0 Å². The van der Waals surface area contributed by atoms with Crippen molar-refractivity contribution in [3.05, 3.63) is 59.0 Å². The van der Waals surface area contributed by atoms with E-state index in [0.717, 1.165) is 53.9 Å². The van der Waals surface area contributed by atoms with Crippen molar-refractivity contribution in [3.8, 4) is 11.3 Å². The Morgan fingerprint density at radius 1 is 1.27 bits per heavy atom. The number of likely N-dealkylation sites (tertiary alicyclic amines) is 1. The van der Waals surface area contributed by atoms with E-state index in [0.29, 0.717) is 18.7 Å². The zero-order chi connectivity index (χ0) is 21.1. The van der Waals surface area contributed by atoms with Crippen LogP contribution in [0.5, 0.6) is 0 Å². The first kappa shape index (κ1) is 20.3. The van der Waals surface area contributed by atoms with Crippen LogP contribution in [0.1, 0.15) is 47.8 Å². The monoisotopic (exact) mass is 408 g/mol. The van der Waals surface area contributed by atoms with Gasteiger partial charge in [-0.15, -0.1) is 0 Å². The summed E-state index contributed by atoms with van der Waals surface area (Å²) in [5, 5.41) is 18.1. The van der Waals surface area contributed by atoms with E-state index in [-0.39, 0.29) is 18.6 Å². The topological polar surface area (TPSA) is 84.4 Å². The Hall–Kier alpha value is -2.93. The fourth-order valence-electron chi connectivity index (χ4n) is 4.19. The van der Waals surface area contributed by atoms with Crippen molar-refractivity contribution in [3.63, 3.8) is 0 Å². The highest BCUT2D eigenvalue weighted by Crippen LogP contribution is 2.36. The number of carbonyl (C=O) groups excluding carboxylic acids is 1. The number of piperidine rings is 1. The first-order chi connectivity index (χ1) is 14.5. The first-order valence-electron chi connectivity index (χ1n) is 10.5. The van der Waals surface area contributed by atoms with Gasteiger partial charge in [-0.3, -0.25) is 9.48 Å². The Morgan fingerprint density at radius 2 is 2.13 bits per heavy atom. The maximum absolute atomic E-state index is 13.3. The van der Waals surface area contributed by atoms with E-state index in [2.05, 4.69) is 11.2 Å². The average molecular weight is 409 g/mol. The van der Waals surface area contributed by atoms with Crippen molar-refractivity contribution < 1.29 is 14.4 Å². The lowest BCUT2D eigenvalue weighted by Gasteiger charge is -2.35. The van der Waals surface area contributed by atoms with Crippen LogP contribution in [-0.4, -0.2) is 44.0 Å². The molecule has 1 atom stereocenters. The zero-order valence-electron chi connectivity index (χ0n) is 17.5. The van der Waals surface area contributed by atoms with E-state index in [1.165, 1.54) is 0 Å². The third kappa shape index (κ3) is 4.31. The van der Waals surface area contributed by atoms with Gasteiger partial charge in [0.1, 0.15) is 0 Å². The molecule has 0 unspecified atom stereocenters. The molecule has 0 spiro atoms. The molecule has 1 amide bonds. The summed E-state index contributed by atoms with van der Waals surface area (Å²) in [4.78, 5) is 15.2. The van der Waals surface area contributed by atoms with E-state index < -0.39 is 0 Å². The zero-order valence-corrected chi connectivity index (χ0v) is 17.5. The molecule has 1 aliphatic rings. The molecule has 3 heterocycles. The molecule has 3 aromatic rings. The summed E-state index contributed by atoms with van der Waals surface area (Å²) in [7, 11) is 0. The van der Waals surface area contributed by atoms with Crippen LogP contribution in [0, 0.1) is 13.8 Å². The standard InChI is InChI=1S/C23H28N4O3/c1-16-6-5-7-18(12-16)14-22(29)27-9-4-3-8-20(27)23-19(15-26(24-23)10-11-28)21-13-17(2)25-30-21/h5-7,12-13,15,20,28H,3-4,8-11,14H2,1-2H3/t20-/m0/s1. The summed E-state index contributed by atoms with van der Waals surface area (Å²) < 4.78 is 7.23. The molecule has 0 bridgehead atoms. The van der Waals surface area contributed by atoms with Gasteiger partial charge in [0.05, 0.1) is 42.6 Å². The van der Waals surface area contributed by atoms with Crippen molar-refractivity contribution in [1.29, 1.82) is 0 Å². The van der Waals surface area contributed by atoms with Crippen molar-refractivity contribution in [2.24, 2.45) is 0 Å².